The lowest BCUT2D eigenvalue weighted by molar-refractivity contribution is 0.518. The molecule has 0 aliphatic carbocycles. The fraction of sp³-hybridized carbons (Fsp3) is 0.417. The van der Waals surface area contributed by atoms with Crippen LogP contribution < -0.4 is 0 Å². The standard InChI is InChI=1S/C12H14ClNO/c1-9-5-4-6-10-12(9)14-11(15-10)7-2-3-8-13/h4-6H,2-3,7-8H2,1H3. The molecule has 0 N–H and O–H groups in total. The van der Waals surface area contributed by atoms with Crippen LogP contribution in [-0.2, 0) is 6.42 Å². The molecule has 2 nitrogen and oxygen atoms in total. The van der Waals surface area contributed by atoms with E-state index in [-0.39, 0.29) is 0 Å². The Morgan fingerprint density at radius 3 is 2.93 bits per heavy atom. The van der Waals surface area contributed by atoms with E-state index in [0.717, 1.165) is 36.3 Å². The van der Waals surface area contributed by atoms with Crippen LogP contribution in [0.15, 0.2) is 22.6 Å². The van der Waals surface area contributed by atoms with Gasteiger partial charge in [-0.05, 0) is 31.4 Å². The number of hydrogen-bond acceptors (Lipinski definition) is 2. The number of halogens is 1. The molecule has 0 spiro atoms. The van der Waals surface area contributed by atoms with E-state index in [2.05, 4.69) is 4.98 Å². The molecule has 0 aliphatic rings. The van der Waals surface area contributed by atoms with Crippen molar-refractivity contribution in [2.24, 2.45) is 0 Å². The van der Waals surface area contributed by atoms with Gasteiger partial charge in [0.15, 0.2) is 11.5 Å². The van der Waals surface area contributed by atoms with Gasteiger partial charge in [0.1, 0.15) is 5.52 Å². The Labute approximate surface area is 94.3 Å². The minimum absolute atomic E-state index is 0.708. The first-order valence-corrected chi connectivity index (χ1v) is 5.75. The summed E-state index contributed by atoms with van der Waals surface area (Å²) in [7, 11) is 0. The van der Waals surface area contributed by atoms with Gasteiger partial charge in [-0.1, -0.05) is 12.1 Å². The molecule has 0 bridgehead atoms. The van der Waals surface area contributed by atoms with Gasteiger partial charge in [-0.15, -0.1) is 11.6 Å². The summed E-state index contributed by atoms with van der Waals surface area (Å²) in [6.07, 6.45) is 2.93. The second-order valence-electron chi connectivity index (χ2n) is 3.68. The molecule has 0 atom stereocenters. The van der Waals surface area contributed by atoms with E-state index in [9.17, 15) is 0 Å². The number of hydrogen-bond donors (Lipinski definition) is 0. The molecule has 0 aliphatic heterocycles. The lowest BCUT2D eigenvalue weighted by Crippen LogP contribution is -1.86. The second kappa shape index (κ2) is 4.67. The van der Waals surface area contributed by atoms with E-state index in [0.29, 0.717) is 5.88 Å². The van der Waals surface area contributed by atoms with E-state index >= 15 is 0 Å². The fourth-order valence-corrected chi connectivity index (χ4v) is 1.80. The highest BCUT2D eigenvalue weighted by Gasteiger charge is 2.06. The minimum Gasteiger partial charge on any atom is -0.441 e. The molecule has 1 aromatic heterocycles. The number of aromatic nitrogens is 1. The fourth-order valence-electron chi connectivity index (χ4n) is 1.61. The second-order valence-corrected chi connectivity index (χ2v) is 4.05. The molecule has 80 valence electrons. The van der Waals surface area contributed by atoms with Crippen LogP contribution in [0.1, 0.15) is 24.3 Å². The number of nitrogens with zero attached hydrogens (tertiary/aromatic N) is 1. The number of fused-ring (bicyclic) bond motifs is 1. The zero-order valence-corrected chi connectivity index (χ0v) is 9.55. The Morgan fingerprint density at radius 1 is 1.33 bits per heavy atom. The smallest absolute Gasteiger partial charge is 0.195 e. The predicted octanol–water partition coefficient (Wildman–Crippen LogP) is 3.70. The lowest BCUT2D eigenvalue weighted by atomic mass is 10.2. The van der Waals surface area contributed by atoms with Gasteiger partial charge >= 0.3 is 0 Å². The highest BCUT2D eigenvalue weighted by Crippen LogP contribution is 2.19. The van der Waals surface area contributed by atoms with Crippen LogP contribution >= 0.6 is 11.6 Å². The Hall–Kier alpha value is -1.02. The molecule has 0 saturated heterocycles. The summed E-state index contributed by atoms with van der Waals surface area (Å²) in [5.41, 5.74) is 3.04. The Morgan fingerprint density at radius 2 is 2.20 bits per heavy atom. The van der Waals surface area contributed by atoms with Gasteiger partial charge in [0, 0.05) is 12.3 Å². The number of para-hydroxylation sites is 1. The van der Waals surface area contributed by atoms with Gasteiger partial charge in [0.05, 0.1) is 0 Å². The van der Waals surface area contributed by atoms with E-state index in [4.69, 9.17) is 16.0 Å². The predicted molar refractivity (Wildman–Crippen MR) is 62.4 cm³/mol. The molecule has 3 heteroatoms. The molecule has 1 aromatic carbocycles. The highest BCUT2D eigenvalue weighted by atomic mass is 35.5. The van der Waals surface area contributed by atoms with Crippen molar-refractivity contribution in [2.45, 2.75) is 26.2 Å². The molecule has 0 radical (unpaired) electrons. The van der Waals surface area contributed by atoms with Crippen molar-refractivity contribution in [1.29, 1.82) is 0 Å². The molecule has 2 rings (SSSR count). The van der Waals surface area contributed by atoms with E-state index in [1.165, 1.54) is 5.56 Å². The molecule has 2 aromatic rings. The van der Waals surface area contributed by atoms with Crippen molar-refractivity contribution < 1.29 is 4.42 Å². The van der Waals surface area contributed by atoms with Gasteiger partial charge in [0.25, 0.3) is 0 Å². The Kier molecular flexibility index (Phi) is 3.27. The molecule has 0 unspecified atom stereocenters. The van der Waals surface area contributed by atoms with Crippen molar-refractivity contribution in [2.75, 3.05) is 5.88 Å². The van der Waals surface area contributed by atoms with Gasteiger partial charge in [-0.3, -0.25) is 0 Å². The average Bonchev–Trinajstić information content (AvgIpc) is 2.63. The van der Waals surface area contributed by atoms with Crippen molar-refractivity contribution in [3.05, 3.63) is 29.7 Å². The monoisotopic (exact) mass is 223 g/mol. The van der Waals surface area contributed by atoms with Crippen molar-refractivity contribution in [3.8, 4) is 0 Å². The Balaban J connectivity index is 2.20. The van der Waals surface area contributed by atoms with E-state index in [1.54, 1.807) is 0 Å². The Bertz CT molecular complexity index is 450. The lowest BCUT2D eigenvalue weighted by Gasteiger charge is -1.91. The van der Waals surface area contributed by atoms with Crippen LogP contribution in [0.25, 0.3) is 11.1 Å². The minimum atomic E-state index is 0.708. The van der Waals surface area contributed by atoms with Crippen LogP contribution in [0, 0.1) is 6.92 Å². The summed E-state index contributed by atoms with van der Waals surface area (Å²) < 4.78 is 5.64. The normalized spacial score (nSPS) is 11.1. The molecule has 1 heterocycles. The number of alkyl halides is 1. The summed E-state index contributed by atoms with van der Waals surface area (Å²) >= 11 is 5.62. The number of rotatable bonds is 4. The van der Waals surface area contributed by atoms with Gasteiger partial charge in [0.2, 0.25) is 0 Å². The number of benzene rings is 1. The van der Waals surface area contributed by atoms with Crippen LogP contribution in [0.3, 0.4) is 0 Å². The van der Waals surface area contributed by atoms with Gasteiger partial charge in [-0.25, -0.2) is 4.98 Å². The summed E-state index contributed by atoms with van der Waals surface area (Å²) in [5, 5.41) is 0. The molecule has 0 fully saturated rings. The summed E-state index contributed by atoms with van der Waals surface area (Å²) in [6, 6.07) is 6.00. The van der Waals surface area contributed by atoms with E-state index < -0.39 is 0 Å². The summed E-state index contributed by atoms with van der Waals surface area (Å²) in [6.45, 7) is 2.05. The van der Waals surface area contributed by atoms with Crippen molar-refractivity contribution in [1.82, 2.24) is 4.98 Å². The number of aryl methyl sites for hydroxylation is 2. The molecule has 0 amide bonds. The topological polar surface area (TPSA) is 26.0 Å². The first kappa shape index (κ1) is 10.5. The zero-order chi connectivity index (χ0) is 10.7. The number of unbranched alkanes of at least 4 members (excludes halogenated alkanes) is 1. The first-order valence-electron chi connectivity index (χ1n) is 5.22. The number of oxazole rings is 1. The molecule has 15 heavy (non-hydrogen) atoms. The maximum Gasteiger partial charge on any atom is 0.195 e. The summed E-state index contributed by atoms with van der Waals surface area (Å²) in [5.74, 6) is 1.53. The average molecular weight is 224 g/mol. The quantitative estimate of drug-likeness (QED) is 0.584. The van der Waals surface area contributed by atoms with Crippen LogP contribution in [0.2, 0.25) is 0 Å². The van der Waals surface area contributed by atoms with Gasteiger partial charge < -0.3 is 4.42 Å². The molecule has 0 saturated carbocycles. The van der Waals surface area contributed by atoms with Crippen LogP contribution in [0.4, 0.5) is 0 Å². The molecular weight excluding hydrogens is 210 g/mol. The zero-order valence-electron chi connectivity index (χ0n) is 8.79. The highest BCUT2D eigenvalue weighted by molar-refractivity contribution is 6.17. The van der Waals surface area contributed by atoms with Crippen molar-refractivity contribution >= 4 is 22.7 Å². The third kappa shape index (κ3) is 2.32. The maximum atomic E-state index is 5.64. The van der Waals surface area contributed by atoms with Crippen molar-refractivity contribution in [3.63, 3.8) is 0 Å². The van der Waals surface area contributed by atoms with Crippen LogP contribution in [-0.4, -0.2) is 10.9 Å². The SMILES string of the molecule is Cc1cccc2oc(CCCCCl)nc12. The van der Waals surface area contributed by atoms with Crippen LogP contribution in [0.5, 0.6) is 0 Å². The largest absolute Gasteiger partial charge is 0.441 e. The van der Waals surface area contributed by atoms with Gasteiger partial charge in [-0.2, -0.15) is 0 Å². The summed E-state index contributed by atoms with van der Waals surface area (Å²) in [4.78, 5) is 4.47. The first-order chi connectivity index (χ1) is 7.31. The van der Waals surface area contributed by atoms with E-state index in [1.807, 2.05) is 25.1 Å². The third-order valence-electron chi connectivity index (χ3n) is 2.44. The third-order valence-corrected chi connectivity index (χ3v) is 2.71. The maximum absolute atomic E-state index is 5.64. The molecular formula is C12H14ClNO.